The van der Waals surface area contributed by atoms with E-state index in [1.165, 1.54) is 56.5 Å². The number of halogens is 3. The number of imide groups is 2. The second-order valence-corrected chi connectivity index (χ2v) is 13.5. The second-order valence-electron chi connectivity index (χ2n) is 12.3. The first-order valence-corrected chi connectivity index (χ1v) is 15.7. The van der Waals surface area contributed by atoms with Gasteiger partial charge in [-0.25, -0.2) is 9.29 Å². The molecule has 2 saturated heterocycles. The fourth-order valence-corrected chi connectivity index (χ4v) is 8.71. The maximum Gasteiger partial charge on any atom is 0.258 e. The molecule has 3 fully saturated rings. The molecule has 0 radical (unpaired) electrons. The average molecular weight is 678 g/mol. The van der Waals surface area contributed by atoms with Crippen LogP contribution in [-0.4, -0.2) is 51.4 Å². The van der Waals surface area contributed by atoms with Crippen LogP contribution in [0.1, 0.15) is 41.6 Å². The highest BCUT2D eigenvalue weighted by atomic mass is 35.5. The van der Waals surface area contributed by atoms with Gasteiger partial charge in [0.1, 0.15) is 17.3 Å². The maximum absolute atomic E-state index is 14.5. The summed E-state index contributed by atoms with van der Waals surface area (Å²) in [4.78, 5) is 66.4. The molecule has 6 atom stereocenters. The molecule has 9 nitrogen and oxygen atoms in total. The van der Waals surface area contributed by atoms with Gasteiger partial charge >= 0.3 is 0 Å². The van der Waals surface area contributed by atoms with Crippen LogP contribution in [0.5, 0.6) is 11.5 Å². The summed E-state index contributed by atoms with van der Waals surface area (Å²) in [6.45, 7) is 1.41. The molecule has 1 N–H and O–H groups in total. The molecule has 3 aromatic rings. The third kappa shape index (κ3) is 4.24. The number of amides is 4. The van der Waals surface area contributed by atoms with Crippen LogP contribution in [0.4, 0.5) is 15.8 Å². The van der Waals surface area contributed by atoms with E-state index in [0.29, 0.717) is 22.4 Å². The number of rotatable bonds is 5. The molecule has 2 heterocycles. The van der Waals surface area contributed by atoms with Crippen molar-refractivity contribution >= 4 is 64.0 Å². The number of hydrogen-bond acceptors (Lipinski definition) is 7. The molecule has 3 aromatic carbocycles. The van der Waals surface area contributed by atoms with Crippen LogP contribution in [-0.2, 0) is 19.2 Å². The second kappa shape index (κ2) is 10.7. The van der Waals surface area contributed by atoms with Crippen LogP contribution in [0.2, 0.25) is 0 Å². The third-order valence-corrected chi connectivity index (χ3v) is 11.4. The van der Waals surface area contributed by atoms with Crippen molar-refractivity contribution in [3.05, 3.63) is 95.3 Å². The van der Waals surface area contributed by atoms with Crippen LogP contribution in [0.15, 0.2) is 78.4 Å². The first-order chi connectivity index (χ1) is 22.3. The number of fused-ring (bicyclic) bond motifs is 4. The number of carbonyl (C=O) groups is 5. The van der Waals surface area contributed by atoms with E-state index in [0.717, 1.165) is 21.9 Å². The van der Waals surface area contributed by atoms with Gasteiger partial charge in [0, 0.05) is 23.1 Å². The Labute approximate surface area is 278 Å². The first-order valence-electron chi connectivity index (χ1n) is 14.9. The molecular weight excluding hydrogens is 650 g/mol. The molecule has 2 aliphatic carbocycles. The smallest absolute Gasteiger partial charge is 0.258 e. The molecule has 2 aliphatic heterocycles. The van der Waals surface area contributed by atoms with Crippen molar-refractivity contribution in [3.8, 4) is 11.5 Å². The van der Waals surface area contributed by atoms with Gasteiger partial charge in [-0.3, -0.25) is 28.9 Å². The van der Waals surface area contributed by atoms with Gasteiger partial charge in [-0.05, 0) is 80.3 Å². The van der Waals surface area contributed by atoms with Gasteiger partial charge in [0.2, 0.25) is 11.8 Å². The minimum Gasteiger partial charge on any atom is -0.508 e. The Morgan fingerprint density at radius 1 is 0.894 bits per heavy atom. The summed E-state index contributed by atoms with van der Waals surface area (Å²) < 4.78 is 19.5. The first kappa shape index (κ1) is 31.1. The Morgan fingerprint density at radius 2 is 1.53 bits per heavy atom. The highest BCUT2D eigenvalue weighted by molar-refractivity contribution is 6.58. The molecule has 0 bridgehead atoms. The summed E-state index contributed by atoms with van der Waals surface area (Å²) in [6.07, 6.45) is 1.68. The quantitative estimate of drug-likeness (QED) is 0.164. The van der Waals surface area contributed by atoms with Gasteiger partial charge in [-0.2, -0.15) is 0 Å². The lowest BCUT2D eigenvalue weighted by atomic mass is 9.56. The third-order valence-electron chi connectivity index (χ3n) is 9.96. The van der Waals surface area contributed by atoms with E-state index in [4.69, 9.17) is 27.9 Å². The van der Waals surface area contributed by atoms with Crippen molar-refractivity contribution in [1.82, 2.24) is 0 Å². The Hall–Kier alpha value is -4.54. The summed E-state index contributed by atoms with van der Waals surface area (Å²) in [6, 6.07) is 15.2. The van der Waals surface area contributed by atoms with Gasteiger partial charge in [0.25, 0.3) is 11.8 Å². The normalized spacial score (nSPS) is 29.8. The molecule has 4 aliphatic rings. The number of ketones is 1. The predicted molar refractivity (Wildman–Crippen MR) is 170 cm³/mol. The molecule has 12 heteroatoms. The lowest BCUT2D eigenvalue weighted by Gasteiger charge is -2.50. The number of hydrogen-bond donors (Lipinski definition) is 1. The van der Waals surface area contributed by atoms with E-state index in [-0.39, 0.29) is 35.8 Å². The Bertz CT molecular complexity index is 1930. The van der Waals surface area contributed by atoms with Crippen molar-refractivity contribution in [2.75, 3.05) is 16.9 Å². The number of anilines is 2. The Morgan fingerprint density at radius 3 is 2.17 bits per heavy atom. The monoisotopic (exact) mass is 676 g/mol. The van der Waals surface area contributed by atoms with Crippen molar-refractivity contribution < 1.29 is 38.2 Å². The minimum atomic E-state index is -2.15. The fourth-order valence-electron chi connectivity index (χ4n) is 7.78. The highest BCUT2D eigenvalue weighted by Crippen LogP contribution is 2.66. The number of aromatic hydroxyl groups is 1. The Kier molecular flexibility index (Phi) is 7.11. The zero-order valence-electron chi connectivity index (χ0n) is 25.1. The highest BCUT2D eigenvalue weighted by Gasteiger charge is 2.77. The van der Waals surface area contributed by atoms with Gasteiger partial charge in [0.05, 0.1) is 30.3 Å². The zero-order chi connectivity index (χ0) is 33.6. The molecule has 240 valence electrons. The molecule has 0 aromatic heterocycles. The van der Waals surface area contributed by atoms with Crippen LogP contribution >= 0.6 is 23.2 Å². The van der Waals surface area contributed by atoms with Crippen LogP contribution < -0.4 is 14.5 Å². The number of carbonyl (C=O) groups excluding carboxylic acids is 5. The number of phenols is 1. The Balaban J connectivity index is 1.39. The van der Waals surface area contributed by atoms with E-state index in [1.54, 1.807) is 18.2 Å². The molecule has 6 unspecified atom stereocenters. The molecule has 0 spiro atoms. The number of benzene rings is 3. The number of nitrogens with zero attached hydrogens (tertiary/aromatic N) is 2. The molecule has 1 saturated carbocycles. The summed E-state index contributed by atoms with van der Waals surface area (Å²) in [7, 11) is 1.37. The van der Waals surface area contributed by atoms with Crippen molar-refractivity contribution in [2.24, 2.45) is 17.8 Å². The zero-order valence-corrected chi connectivity index (χ0v) is 26.6. The average Bonchev–Trinajstić information content (AvgIpc) is 3.39. The SMILES string of the molecule is COc1cc(O)ccc1C1C2=CCC3C(=O)N(c4ccc(C(C)=O)cc4)C(=O)C3C2CC2(Cl)C(=O)N(c3ccc(F)cc3)C(=O)C12Cl. The van der Waals surface area contributed by atoms with E-state index in [1.807, 2.05) is 0 Å². The number of methoxy groups -OCH3 is 1. The molecular formula is C35H27Cl2FN2O7. The van der Waals surface area contributed by atoms with Crippen molar-refractivity contribution in [2.45, 2.75) is 35.4 Å². The van der Waals surface area contributed by atoms with Crippen LogP contribution in [0.3, 0.4) is 0 Å². The van der Waals surface area contributed by atoms with Crippen molar-refractivity contribution in [3.63, 3.8) is 0 Å². The maximum atomic E-state index is 14.5. The molecule has 7 rings (SSSR count). The topological polar surface area (TPSA) is 121 Å². The number of phenolic OH excluding ortho intramolecular Hbond substituents is 1. The van der Waals surface area contributed by atoms with Gasteiger partial charge in [-0.1, -0.05) is 17.7 Å². The fraction of sp³-hybridized carbons (Fsp3) is 0.286. The number of ether oxygens (including phenoxy) is 1. The van der Waals surface area contributed by atoms with Crippen LogP contribution in [0, 0.1) is 23.6 Å². The van der Waals surface area contributed by atoms with E-state index in [9.17, 15) is 33.5 Å². The van der Waals surface area contributed by atoms with Gasteiger partial charge in [-0.15, -0.1) is 23.2 Å². The summed E-state index contributed by atoms with van der Waals surface area (Å²) in [5.41, 5.74) is 1.67. The van der Waals surface area contributed by atoms with Crippen LogP contribution in [0.25, 0.3) is 0 Å². The van der Waals surface area contributed by atoms with Gasteiger partial charge < -0.3 is 9.84 Å². The van der Waals surface area contributed by atoms with Crippen molar-refractivity contribution in [1.29, 1.82) is 0 Å². The summed E-state index contributed by atoms with van der Waals surface area (Å²) >= 11 is 14.8. The van der Waals surface area contributed by atoms with E-state index >= 15 is 0 Å². The lowest BCUT2D eigenvalue weighted by Crippen LogP contribution is -2.60. The number of alkyl halides is 2. The number of allylic oxidation sites excluding steroid dienone is 2. The largest absolute Gasteiger partial charge is 0.508 e. The van der Waals surface area contributed by atoms with E-state index in [2.05, 4.69) is 0 Å². The number of Topliss-reactive ketones (excluding diaryl/α,β-unsaturated/α-hetero) is 1. The summed E-state index contributed by atoms with van der Waals surface area (Å²) in [5, 5.41) is 10.3. The standard InChI is InChI=1S/C35H27Cl2FN2O7/c1-17(41)18-3-7-20(8-4-18)39-30(43)25-14-13-23-26(28(25)31(39)44)16-34(36)32(45)40(21-9-5-19(38)6-10-21)33(46)35(34,37)29(23)24-12-11-22(42)15-27(24)47-2/h3-13,15,25-26,28-29,42H,14,16H2,1-2H3. The van der Waals surface area contributed by atoms with Gasteiger partial charge in [0.15, 0.2) is 15.5 Å². The lowest BCUT2D eigenvalue weighted by molar-refractivity contribution is -0.125. The summed E-state index contributed by atoms with van der Waals surface area (Å²) in [5.74, 6) is -6.99. The molecule has 4 amide bonds. The predicted octanol–water partition coefficient (Wildman–Crippen LogP) is 5.51. The molecule has 47 heavy (non-hydrogen) atoms. The van der Waals surface area contributed by atoms with E-state index < -0.39 is 62.9 Å². The minimum absolute atomic E-state index is 0.0643.